The van der Waals surface area contributed by atoms with Gasteiger partial charge in [-0.1, -0.05) is 13.0 Å². The summed E-state index contributed by atoms with van der Waals surface area (Å²) >= 11 is 0. The number of hydrogen-bond acceptors (Lipinski definition) is 4. The maximum absolute atomic E-state index is 14.6. The number of halogens is 1. The van der Waals surface area contributed by atoms with Crippen molar-refractivity contribution in [2.75, 3.05) is 17.7 Å². The van der Waals surface area contributed by atoms with E-state index >= 15 is 0 Å². The average molecular weight is 369 g/mol. The number of anilines is 2. The Morgan fingerprint density at radius 1 is 1.33 bits per heavy atom. The summed E-state index contributed by atoms with van der Waals surface area (Å²) in [5, 5.41) is 2.54. The third kappa shape index (κ3) is 5.45. The summed E-state index contributed by atoms with van der Waals surface area (Å²) in [5.41, 5.74) is 7.64. The van der Waals surface area contributed by atoms with Crippen LogP contribution in [0, 0.1) is 31.5 Å². The lowest BCUT2D eigenvalue weighted by Gasteiger charge is -2.12. The normalized spacial score (nSPS) is 10.1. The summed E-state index contributed by atoms with van der Waals surface area (Å²) in [6.07, 6.45) is 2.22. The van der Waals surface area contributed by atoms with Crippen LogP contribution in [-0.2, 0) is 0 Å². The van der Waals surface area contributed by atoms with E-state index in [-0.39, 0.29) is 22.8 Å². The molecule has 0 bridgehead atoms. The number of hydrogen-bond donors (Lipinski definition) is 2. The zero-order valence-electron chi connectivity index (χ0n) is 15.9. The molecule has 0 radical (unpaired) electrons. The maximum atomic E-state index is 14.6. The number of carbonyl (C=O) groups is 1. The molecule has 2 rings (SSSR count). The van der Waals surface area contributed by atoms with Gasteiger partial charge in [0.1, 0.15) is 5.82 Å². The number of ether oxygens (including phenoxy) is 1. The second kappa shape index (κ2) is 9.58. The molecule has 2 aromatic rings. The first kappa shape index (κ1) is 20.2. The Bertz CT molecular complexity index is 885. The van der Waals surface area contributed by atoms with Crippen molar-refractivity contribution in [3.63, 3.8) is 0 Å². The topological polar surface area (TPSA) is 77.2 Å². The van der Waals surface area contributed by atoms with Gasteiger partial charge >= 0.3 is 0 Å². The number of unbranched alkanes of at least 4 members (excludes halogenated alkanes) is 1. The molecule has 0 saturated heterocycles. The third-order valence-electron chi connectivity index (χ3n) is 3.96. The van der Waals surface area contributed by atoms with Crippen LogP contribution in [0.3, 0.4) is 0 Å². The van der Waals surface area contributed by atoms with Gasteiger partial charge in [-0.3, -0.25) is 4.79 Å². The second-order valence-corrected chi connectivity index (χ2v) is 6.05. The van der Waals surface area contributed by atoms with Crippen molar-refractivity contribution in [2.45, 2.75) is 40.0 Å². The van der Waals surface area contributed by atoms with Crippen LogP contribution < -0.4 is 15.8 Å². The summed E-state index contributed by atoms with van der Waals surface area (Å²) in [4.78, 5) is 16.6. The first-order valence-corrected chi connectivity index (χ1v) is 8.86. The van der Waals surface area contributed by atoms with E-state index in [1.165, 1.54) is 12.1 Å². The lowest BCUT2D eigenvalue weighted by atomic mass is 10.1. The summed E-state index contributed by atoms with van der Waals surface area (Å²) in [5.74, 6) is 5.03. The fourth-order valence-electron chi connectivity index (χ4n) is 2.37. The molecule has 0 aliphatic rings. The maximum Gasteiger partial charge on any atom is 0.259 e. The molecule has 1 aromatic carbocycles. The van der Waals surface area contributed by atoms with Crippen molar-refractivity contribution in [1.82, 2.24) is 4.98 Å². The molecule has 1 amide bonds. The van der Waals surface area contributed by atoms with Gasteiger partial charge in [0.15, 0.2) is 11.6 Å². The lowest BCUT2D eigenvalue weighted by Crippen LogP contribution is -2.17. The molecule has 0 fully saturated rings. The van der Waals surface area contributed by atoms with E-state index < -0.39 is 11.7 Å². The Balaban J connectivity index is 2.07. The number of carbonyl (C=O) groups excluding carboxylic acids is 1. The molecule has 6 heteroatoms. The van der Waals surface area contributed by atoms with E-state index in [1.54, 1.807) is 12.1 Å². The first-order chi connectivity index (χ1) is 12.9. The summed E-state index contributed by atoms with van der Waals surface area (Å²) < 4.78 is 20.1. The monoisotopic (exact) mass is 369 g/mol. The summed E-state index contributed by atoms with van der Waals surface area (Å²) in [6.45, 7) is 5.97. The van der Waals surface area contributed by atoms with E-state index in [0.29, 0.717) is 19.4 Å². The number of nitrogens with two attached hydrogens (primary N) is 1. The van der Waals surface area contributed by atoms with E-state index in [2.05, 4.69) is 22.1 Å². The highest BCUT2D eigenvalue weighted by molar-refractivity contribution is 6.07. The number of amides is 1. The molecule has 142 valence electrons. The Hall–Kier alpha value is -3.07. The lowest BCUT2D eigenvalue weighted by molar-refractivity contribution is 0.102. The van der Waals surface area contributed by atoms with Crippen LogP contribution in [0.2, 0.25) is 0 Å². The van der Waals surface area contributed by atoms with Crippen LogP contribution >= 0.6 is 0 Å². The van der Waals surface area contributed by atoms with Crippen LogP contribution in [0.25, 0.3) is 0 Å². The van der Waals surface area contributed by atoms with Gasteiger partial charge in [-0.25, -0.2) is 9.37 Å². The molecule has 5 nitrogen and oxygen atoms in total. The molecule has 0 aliphatic carbocycles. The highest BCUT2D eigenvalue weighted by atomic mass is 19.1. The smallest absolute Gasteiger partial charge is 0.259 e. The molecule has 1 aromatic heterocycles. The van der Waals surface area contributed by atoms with Crippen molar-refractivity contribution >= 4 is 17.4 Å². The molecule has 0 saturated carbocycles. The van der Waals surface area contributed by atoms with Gasteiger partial charge in [0.2, 0.25) is 0 Å². The number of aromatic nitrogens is 1. The second-order valence-electron chi connectivity index (χ2n) is 6.05. The van der Waals surface area contributed by atoms with Crippen LogP contribution in [0.15, 0.2) is 24.3 Å². The molecule has 0 spiro atoms. The minimum absolute atomic E-state index is 0.0286. The van der Waals surface area contributed by atoms with Crippen LogP contribution in [-0.4, -0.2) is 17.5 Å². The Labute approximate surface area is 159 Å². The number of rotatable bonds is 6. The van der Waals surface area contributed by atoms with E-state index in [1.807, 2.05) is 20.8 Å². The van der Waals surface area contributed by atoms with Crippen molar-refractivity contribution in [3.05, 3.63) is 46.9 Å². The number of pyridine rings is 1. The largest absolute Gasteiger partial charge is 0.490 e. The fourth-order valence-corrected chi connectivity index (χ4v) is 2.37. The van der Waals surface area contributed by atoms with Crippen LogP contribution in [0.4, 0.5) is 15.9 Å². The molecule has 27 heavy (non-hydrogen) atoms. The first-order valence-electron chi connectivity index (χ1n) is 8.86. The predicted octanol–water partition coefficient (Wildman–Crippen LogP) is 4.24. The molecule has 3 N–H and O–H groups in total. The molecular formula is C21H24FN3O2. The number of nitrogens with zero attached hydrogens (tertiary/aromatic N) is 1. The quantitative estimate of drug-likeness (QED) is 0.590. The number of nitrogens with one attached hydrogen (secondary N) is 1. The van der Waals surface area contributed by atoms with Gasteiger partial charge in [0, 0.05) is 18.5 Å². The molecule has 0 atom stereocenters. The molecule has 1 heterocycles. The van der Waals surface area contributed by atoms with Gasteiger partial charge in [-0.2, -0.15) is 0 Å². The SMILES string of the molecule is CCC#CCCCOc1cccc(NC(=O)c2cc(C)c(C)nc2N)c1F. The third-order valence-corrected chi connectivity index (χ3v) is 3.96. The zero-order chi connectivity index (χ0) is 19.8. The zero-order valence-corrected chi connectivity index (χ0v) is 15.9. The highest BCUT2D eigenvalue weighted by Crippen LogP contribution is 2.26. The van der Waals surface area contributed by atoms with Crippen molar-refractivity contribution in [3.8, 4) is 17.6 Å². The van der Waals surface area contributed by atoms with Crippen molar-refractivity contribution in [2.24, 2.45) is 0 Å². The predicted molar refractivity (Wildman–Crippen MR) is 105 cm³/mol. The Morgan fingerprint density at radius 2 is 2.11 bits per heavy atom. The average Bonchev–Trinajstić information content (AvgIpc) is 2.63. The minimum atomic E-state index is -0.624. The van der Waals surface area contributed by atoms with E-state index in [4.69, 9.17) is 10.5 Å². The van der Waals surface area contributed by atoms with Gasteiger partial charge in [-0.05, 0) is 44.0 Å². The molecule has 0 aliphatic heterocycles. The standard InChI is InChI=1S/C21H24FN3O2/c1-4-5-6-7-8-12-27-18-11-9-10-17(19(18)22)25-21(26)16-13-14(2)15(3)24-20(16)23/h9-11,13H,4,7-8,12H2,1-3H3,(H2,23,24)(H,25,26). The van der Waals surface area contributed by atoms with Gasteiger partial charge in [-0.15, -0.1) is 11.8 Å². The molecule has 0 unspecified atom stereocenters. The van der Waals surface area contributed by atoms with E-state index in [0.717, 1.165) is 17.7 Å². The Morgan fingerprint density at radius 3 is 2.85 bits per heavy atom. The van der Waals surface area contributed by atoms with Crippen LogP contribution in [0.1, 0.15) is 47.8 Å². The fraction of sp³-hybridized carbons (Fsp3) is 0.333. The van der Waals surface area contributed by atoms with Crippen molar-refractivity contribution < 1.29 is 13.9 Å². The number of nitrogen functional groups attached to an aromatic ring is 1. The summed E-state index contributed by atoms with van der Waals surface area (Å²) in [7, 11) is 0. The van der Waals surface area contributed by atoms with Gasteiger partial charge in [0.25, 0.3) is 5.91 Å². The summed E-state index contributed by atoms with van der Waals surface area (Å²) in [6, 6.07) is 6.25. The molecular weight excluding hydrogens is 345 g/mol. The van der Waals surface area contributed by atoms with Crippen LogP contribution in [0.5, 0.6) is 5.75 Å². The van der Waals surface area contributed by atoms with Gasteiger partial charge in [0.05, 0.1) is 17.9 Å². The van der Waals surface area contributed by atoms with E-state index in [9.17, 15) is 9.18 Å². The van der Waals surface area contributed by atoms with Crippen molar-refractivity contribution in [1.29, 1.82) is 0 Å². The minimum Gasteiger partial charge on any atom is -0.490 e. The Kier molecular flexibility index (Phi) is 7.18. The number of aryl methyl sites for hydroxylation is 2. The highest BCUT2D eigenvalue weighted by Gasteiger charge is 2.16. The number of benzene rings is 1. The van der Waals surface area contributed by atoms with Gasteiger partial charge < -0.3 is 15.8 Å².